The van der Waals surface area contributed by atoms with Gasteiger partial charge < -0.3 is 14.8 Å². The van der Waals surface area contributed by atoms with E-state index in [2.05, 4.69) is 39.4 Å². The summed E-state index contributed by atoms with van der Waals surface area (Å²) in [6, 6.07) is 21.8. The molecule has 3 aromatic rings. The zero-order valence-corrected chi connectivity index (χ0v) is 17.4. The molecule has 1 N–H and O–H groups in total. The minimum absolute atomic E-state index is 0.437. The highest BCUT2D eigenvalue weighted by molar-refractivity contribution is 9.10. The second-order valence-corrected chi connectivity index (χ2v) is 7.41. The van der Waals surface area contributed by atoms with Gasteiger partial charge in [0.25, 0.3) is 0 Å². The van der Waals surface area contributed by atoms with Gasteiger partial charge in [-0.1, -0.05) is 57.9 Å². The van der Waals surface area contributed by atoms with E-state index in [9.17, 15) is 0 Å². The van der Waals surface area contributed by atoms with Gasteiger partial charge >= 0.3 is 0 Å². The fraction of sp³-hybridized carbons (Fsp3) is 0.182. The number of ether oxygens (including phenoxy) is 2. The molecule has 0 atom stereocenters. The van der Waals surface area contributed by atoms with Crippen molar-refractivity contribution in [3.63, 3.8) is 0 Å². The Morgan fingerprint density at radius 1 is 0.926 bits per heavy atom. The molecule has 140 valence electrons. The maximum Gasteiger partial charge on any atom is 0.124 e. The molecule has 5 heteroatoms. The Hall–Kier alpha value is -2.01. The number of hydrogen-bond acceptors (Lipinski definition) is 3. The van der Waals surface area contributed by atoms with Crippen molar-refractivity contribution in [3.8, 4) is 11.5 Å². The largest absolute Gasteiger partial charge is 0.497 e. The maximum atomic E-state index is 6.22. The van der Waals surface area contributed by atoms with E-state index >= 15 is 0 Å². The Labute approximate surface area is 173 Å². The second kappa shape index (κ2) is 9.79. The van der Waals surface area contributed by atoms with Crippen LogP contribution in [-0.4, -0.2) is 7.11 Å². The van der Waals surface area contributed by atoms with Crippen LogP contribution in [0.3, 0.4) is 0 Å². The summed E-state index contributed by atoms with van der Waals surface area (Å²) < 4.78 is 12.2. The molecule has 0 spiro atoms. The minimum Gasteiger partial charge on any atom is -0.497 e. The van der Waals surface area contributed by atoms with Gasteiger partial charge in [-0.2, -0.15) is 0 Å². The molecule has 27 heavy (non-hydrogen) atoms. The highest BCUT2D eigenvalue weighted by atomic mass is 79.9. The van der Waals surface area contributed by atoms with Crippen molar-refractivity contribution >= 4 is 27.5 Å². The summed E-state index contributed by atoms with van der Waals surface area (Å²) in [5.74, 6) is 1.71. The van der Waals surface area contributed by atoms with Crippen molar-refractivity contribution in [3.05, 3.63) is 92.9 Å². The lowest BCUT2D eigenvalue weighted by atomic mass is 10.1. The summed E-state index contributed by atoms with van der Waals surface area (Å²) in [7, 11) is 1.67. The molecule has 0 saturated carbocycles. The first-order valence-electron chi connectivity index (χ1n) is 8.64. The molecule has 0 saturated heterocycles. The van der Waals surface area contributed by atoms with E-state index in [4.69, 9.17) is 21.1 Å². The van der Waals surface area contributed by atoms with Gasteiger partial charge in [-0.3, -0.25) is 0 Å². The molecule has 0 fully saturated rings. The van der Waals surface area contributed by atoms with Crippen LogP contribution in [0.2, 0.25) is 5.02 Å². The molecule has 3 nitrogen and oxygen atoms in total. The van der Waals surface area contributed by atoms with Crippen LogP contribution in [-0.2, 0) is 19.7 Å². The number of methoxy groups -OCH3 is 1. The molecule has 0 radical (unpaired) electrons. The molecule has 3 rings (SSSR count). The fourth-order valence-electron chi connectivity index (χ4n) is 2.68. The molecular weight excluding hydrogens is 426 g/mol. The third kappa shape index (κ3) is 5.73. The fourth-order valence-corrected chi connectivity index (χ4v) is 3.28. The Kier molecular flexibility index (Phi) is 7.16. The van der Waals surface area contributed by atoms with Crippen LogP contribution < -0.4 is 14.8 Å². The van der Waals surface area contributed by atoms with Crippen molar-refractivity contribution in [1.82, 2.24) is 5.32 Å². The third-order valence-electron chi connectivity index (χ3n) is 4.17. The molecule has 0 aromatic heterocycles. The molecule has 0 bridgehead atoms. The van der Waals surface area contributed by atoms with E-state index in [-0.39, 0.29) is 0 Å². The summed E-state index contributed by atoms with van der Waals surface area (Å²) >= 11 is 9.76. The molecule has 0 amide bonds. The van der Waals surface area contributed by atoms with Gasteiger partial charge in [0.1, 0.15) is 18.1 Å². The van der Waals surface area contributed by atoms with Crippen LogP contribution >= 0.6 is 27.5 Å². The predicted molar refractivity (Wildman–Crippen MR) is 113 cm³/mol. The first-order chi connectivity index (χ1) is 13.2. The third-order valence-corrected chi connectivity index (χ3v) is 5.03. The number of hydrogen-bond donors (Lipinski definition) is 1. The number of halogens is 2. The van der Waals surface area contributed by atoms with Crippen LogP contribution in [0.15, 0.2) is 71.2 Å². The zero-order chi connectivity index (χ0) is 19.1. The first-order valence-corrected chi connectivity index (χ1v) is 9.81. The standard InChI is InChI=1S/C22H21BrClNO2/c1-26-20-9-6-16(7-10-20)13-25-14-18-12-19(23)8-11-22(18)27-15-17-4-2-3-5-21(17)24/h2-12,25H,13-15H2,1H3. The summed E-state index contributed by atoms with van der Waals surface area (Å²) in [6.45, 7) is 1.90. The topological polar surface area (TPSA) is 30.5 Å². The highest BCUT2D eigenvalue weighted by Gasteiger charge is 2.07. The average molecular weight is 447 g/mol. The lowest BCUT2D eigenvalue weighted by Gasteiger charge is -2.14. The van der Waals surface area contributed by atoms with Crippen molar-refractivity contribution in [2.45, 2.75) is 19.7 Å². The second-order valence-electron chi connectivity index (χ2n) is 6.08. The van der Waals surface area contributed by atoms with Crippen LogP contribution in [0.1, 0.15) is 16.7 Å². The average Bonchev–Trinajstić information content (AvgIpc) is 2.69. The van der Waals surface area contributed by atoms with Crippen molar-refractivity contribution in [2.75, 3.05) is 7.11 Å². The van der Waals surface area contributed by atoms with Gasteiger partial charge in [-0.15, -0.1) is 0 Å². The Morgan fingerprint density at radius 2 is 1.70 bits per heavy atom. The van der Waals surface area contributed by atoms with Gasteiger partial charge in [0, 0.05) is 33.7 Å². The smallest absolute Gasteiger partial charge is 0.124 e. The van der Waals surface area contributed by atoms with E-state index in [0.29, 0.717) is 18.2 Å². The van der Waals surface area contributed by atoms with Crippen LogP contribution in [0, 0.1) is 0 Å². The highest BCUT2D eigenvalue weighted by Crippen LogP contribution is 2.25. The van der Waals surface area contributed by atoms with Gasteiger partial charge in [0.2, 0.25) is 0 Å². The number of nitrogens with one attached hydrogen (secondary N) is 1. The monoisotopic (exact) mass is 445 g/mol. The molecule has 0 heterocycles. The normalized spacial score (nSPS) is 10.6. The van der Waals surface area contributed by atoms with E-state index in [1.807, 2.05) is 48.5 Å². The van der Waals surface area contributed by atoms with Crippen LogP contribution in [0.5, 0.6) is 11.5 Å². The van der Waals surface area contributed by atoms with E-state index in [0.717, 1.165) is 33.6 Å². The lowest BCUT2D eigenvalue weighted by Crippen LogP contribution is -2.13. The molecule has 0 unspecified atom stereocenters. The van der Waals surface area contributed by atoms with E-state index in [1.165, 1.54) is 5.56 Å². The Balaban J connectivity index is 1.62. The summed E-state index contributed by atoms with van der Waals surface area (Å²) in [5, 5.41) is 4.18. The zero-order valence-electron chi connectivity index (χ0n) is 15.0. The van der Waals surface area contributed by atoms with Crippen LogP contribution in [0.4, 0.5) is 0 Å². The summed E-state index contributed by atoms with van der Waals surface area (Å²) in [4.78, 5) is 0. The molecular formula is C22H21BrClNO2. The van der Waals surface area contributed by atoms with Gasteiger partial charge in [0.15, 0.2) is 0 Å². The molecule has 0 aliphatic rings. The predicted octanol–water partition coefficient (Wildman–Crippen LogP) is 5.98. The van der Waals surface area contributed by atoms with E-state index < -0.39 is 0 Å². The van der Waals surface area contributed by atoms with Crippen LogP contribution in [0.25, 0.3) is 0 Å². The molecule has 0 aliphatic heterocycles. The molecule has 0 aliphatic carbocycles. The summed E-state index contributed by atoms with van der Waals surface area (Å²) in [6.07, 6.45) is 0. The van der Waals surface area contributed by atoms with Gasteiger partial charge in [0.05, 0.1) is 7.11 Å². The Morgan fingerprint density at radius 3 is 2.44 bits per heavy atom. The van der Waals surface area contributed by atoms with Gasteiger partial charge in [-0.05, 0) is 42.0 Å². The first kappa shape index (κ1) is 19.7. The SMILES string of the molecule is COc1ccc(CNCc2cc(Br)ccc2OCc2ccccc2Cl)cc1. The lowest BCUT2D eigenvalue weighted by molar-refractivity contribution is 0.302. The van der Waals surface area contributed by atoms with Crippen molar-refractivity contribution in [2.24, 2.45) is 0 Å². The Bertz CT molecular complexity index is 884. The van der Waals surface area contributed by atoms with Crippen molar-refractivity contribution < 1.29 is 9.47 Å². The van der Waals surface area contributed by atoms with E-state index in [1.54, 1.807) is 7.11 Å². The van der Waals surface area contributed by atoms with Gasteiger partial charge in [-0.25, -0.2) is 0 Å². The summed E-state index contributed by atoms with van der Waals surface area (Å²) in [5.41, 5.74) is 3.26. The number of benzene rings is 3. The number of rotatable bonds is 8. The van der Waals surface area contributed by atoms with Crippen molar-refractivity contribution in [1.29, 1.82) is 0 Å². The minimum atomic E-state index is 0.437. The quantitative estimate of drug-likeness (QED) is 0.462. The molecule has 3 aromatic carbocycles. The maximum absolute atomic E-state index is 6.22.